The number of hydrogen-bond acceptors (Lipinski definition) is 4. The highest BCUT2D eigenvalue weighted by atomic mass is 35.5. The molecule has 0 spiro atoms. The van der Waals surface area contributed by atoms with Crippen molar-refractivity contribution >= 4 is 28.9 Å². The largest absolute Gasteiger partial charge is 0.478 e. The van der Waals surface area contributed by atoms with E-state index in [1.165, 1.54) is 12.5 Å². The maximum absolute atomic E-state index is 11.5. The second kappa shape index (κ2) is 7.00. The van der Waals surface area contributed by atoms with Crippen LogP contribution >= 0.6 is 11.6 Å². The van der Waals surface area contributed by atoms with E-state index in [0.29, 0.717) is 22.9 Å². The van der Waals surface area contributed by atoms with Gasteiger partial charge >= 0.3 is 5.97 Å². The van der Waals surface area contributed by atoms with Crippen LogP contribution < -0.4 is 10.6 Å². The topological polar surface area (TPSA) is 86.8 Å². The van der Waals surface area contributed by atoms with Crippen LogP contribution in [0.3, 0.4) is 0 Å². The summed E-state index contributed by atoms with van der Waals surface area (Å²) < 4.78 is 0. The lowest BCUT2D eigenvalue weighted by Crippen LogP contribution is -2.40. The predicted molar refractivity (Wildman–Crippen MR) is 84.1 cm³/mol. The van der Waals surface area contributed by atoms with Gasteiger partial charge in [0, 0.05) is 18.3 Å². The Kier molecular flexibility index (Phi) is 5.31. The lowest BCUT2D eigenvalue weighted by molar-refractivity contribution is 0.0697. The Labute approximate surface area is 129 Å². The van der Waals surface area contributed by atoms with E-state index in [9.17, 15) is 15.0 Å². The van der Waals surface area contributed by atoms with Crippen molar-refractivity contribution in [3.63, 3.8) is 0 Å². The van der Waals surface area contributed by atoms with Crippen LogP contribution in [0.15, 0.2) is 12.1 Å². The number of nitrogens with two attached hydrogens (primary N) is 1. The average Bonchev–Trinajstić information content (AvgIpc) is 2.45. The SMILES string of the molecule is Nc1cc(Cl)c(N(CCO)C2CCCCC2)c(C(=O)O)c1. The number of hydrogen-bond donors (Lipinski definition) is 3. The molecule has 5 nitrogen and oxygen atoms in total. The zero-order chi connectivity index (χ0) is 15.4. The molecule has 0 bridgehead atoms. The monoisotopic (exact) mass is 312 g/mol. The highest BCUT2D eigenvalue weighted by Gasteiger charge is 2.27. The van der Waals surface area contributed by atoms with Crippen molar-refractivity contribution in [2.75, 3.05) is 23.8 Å². The van der Waals surface area contributed by atoms with E-state index in [0.717, 1.165) is 25.7 Å². The number of benzene rings is 1. The van der Waals surface area contributed by atoms with Crippen molar-refractivity contribution in [3.8, 4) is 0 Å². The van der Waals surface area contributed by atoms with Crippen molar-refractivity contribution in [2.24, 2.45) is 0 Å². The molecule has 1 saturated carbocycles. The molecule has 0 aliphatic heterocycles. The van der Waals surface area contributed by atoms with Gasteiger partial charge in [0.05, 0.1) is 22.9 Å². The van der Waals surface area contributed by atoms with Gasteiger partial charge in [0.2, 0.25) is 0 Å². The quantitative estimate of drug-likeness (QED) is 0.728. The summed E-state index contributed by atoms with van der Waals surface area (Å²) in [6, 6.07) is 3.21. The van der Waals surface area contributed by atoms with Gasteiger partial charge in [-0.2, -0.15) is 0 Å². The van der Waals surface area contributed by atoms with Gasteiger partial charge in [0.1, 0.15) is 0 Å². The molecule has 0 atom stereocenters. The number of carbonyl (C=O) groups is 1. The van der Waals surface area contributed by atoms with Crippen LogP contribution in [0.2, 0.25) is 5.02 Å². The fourth-order valence-electron chi connectivity index (χ4n) is 3.05. The minimum absolute atomic E-state index is 0.0454. The first kappa shape index (κ1) is 15.9. The molecule has 21 heavy (non-hydrogen) atoms. The Hall–Kier alpha value is -1.46. The summed E-state index contributed by atoms with van der Waals surface area (Å²) in [4.78, 5) is 13.4. The van der Waals surface area contributed by atoms with Crippen molar-refractivity contribution < 1.29 is 15.0 Å². The molecule has 0 amide bonds. The standard InChI is InChI=1S/C15H21ClN2O3/c16-13-9-10(17)8-12(15(20)21)14(13)18(6-7-19)11-4-2-1-3-5-11/h8-9,11,19H,1-7,17H2,(H,20,21). The minimum atomic E-state index is -1.06. The van der Waals surface area contributed by atoms with Crippen LogP contribution in [0.5, 0.6) is 0 Å². The smallest absolute Gasteiger partial charge is 0.337 e. The van der Waals surface area contributed by atoms with Crippen molar-refractivity contribution in [1.82, 2.24) is 0 Å². The summed E-state index contributed by atoms with van der Waals surface area (Å²) in [6.45, 7) is 0.324. The number of aliphatic hydroxyl groups is 1. The number of carboxylic acids is 1. The zero-order valence-electron chi connectivity index (χ0n) is 11.9. The van der Waals surface area contributed by atoms with Crippen LogP contribution in [-0.2, 0) is 0 Å². The van der Waals surface area contributed by atoms with Crippen LogP contribution in [0.25, 0.3) is 0 Å². The van der Waals surface area contributed by atoms with E-state index in [-0.39, 0.29) is 18.2 Å². The molecule has 0 heterocycles. The number of nitrogens with zero attached hydrogens (tertiary/aromatic N) is 1. The van der Waals surface area contributed by atoms with Crippen LogP contribution in [0.4, 0.5) is 11.4 Å². The first-order chi connectivity index (χ1) is 10.0. The molecule has 1 aliphatic rings. The van der Waals surface area contributed by atoms with Crippen LogP contribution in [-0.4, -0.2) is 35.4 Å². The molecule has 2 rings (SSSR count). The van der Waals surface area contributed by atoms with E-state index >= 15 is 0 Å². The van der Waals surface area contributed by atoms with E-state index in [2.05, 4.69) is 0 Å². The number of rotatable bonds is 5. The Bertz CT molecular complexity index is 516. The fourth-order valence-corrected chi connectivity index (χ4v) is 3.39. The number of aliphatic hydroxyl groups excluding tert-OH is 1. The molecule has 1 fully saturated rings. The first-order valence-corrected chi connectivity index (χ1v) is 7.62. The fraction of sp³-hybridized carbons (Fsp3) is 0.533. The molecular weight excluding hydrogens is 292 g/mol. The number of nitrogen functional groups attached to an aromatic ring is 1. The summed E-state index contributed by atoms with van der Waals surface area (Å²) in [5, 5.41) is 19.1. The number of anilines is 2. The second-order valence-corrected chi connectivity index (χ2v) is 5.82. The van der Waals surface area contributed by atoms with Gasteiger partial charge in [-0.25, -0.2) is 4.79 Å². The normalized spacial score (nSPS) is 15.9. The third-order valence-corrected chi connectivity index (χ3v) is 4.25. The Morgan fingerprint density at radius 1 is 1.33 bits per heavy atom. The van der Waals surface area contributed by atoms with Gasteiger partial charge in [-0.05, 0) is 25.0 Å². The predicted octanol–water partition coefficient (Wildman–Crippen LogP) is 2.75. The molecule has 4 N–H and O–H groups in total. The van der Waals surface area contributed by atoms with Crippen molar-refractivity contribution in [3.05, 3.63) is 22.7 Å². The van der Waals surface area contributed by atoms with Crippen molar-refractivity contribution in [2.45, 2.75) is 38.1 Å². The molecule has 0 unspecified atom stereocenters. The lowest BCUT2D eigenvalue weighted by atomic mass is 9.93. The zero-order valence-corrected chi connectivity index (χ0v) is 12.6. The van der Waals surface area contributed by atoms with E-state index < -0.39 is 5.97 Å². The van der Waals surface area contributed by atoms with E-state index in [4.69, 9.17) is 17.3 Å². The molecule has 0 radical (unpaired) electrons. The molecule has 116 valence electrons. The number of carboxylic acid groups (broad SMARTS) is 1. The summed E-state index contributed by atoms with van der Waals surface area (Å²) in [5.41, 5.74) is 6.60. The second-order valence-electron chi connectivity index (χ2n) is 5.41. The van der Waals surface area contributed by atoms with Crippen LogP contribution in [0, 0.1) is 0 Å². The molecule has 0 aromatic heterocycles. The minimum Gasteiger partial charge on any atom is -0.478 e. The Morgan fingerprint density at radius 2 is 2.00 bits per heavy atom. The average molecular weight is 313 g/mol. The van der Waals surface area contributed by atoms with Gasteiger partial charge in [0.15, 0.2) is 0 Å². The summed E-state index contributed by atoms with van der Waals surface area (Å²) in [6.07, 6.45) is 5.40. The molecule has 6 heteroatoms. The third kappa shape index (κ3) is 3.60. The van der Waals surface area contributed by atoms with Gasteiger partial charge in [0.25, 0.3) is 0 Å². The molecular formula is C15H21ClN2O3. The van der Waals surface area contributed by atoms with Gasteiger partial charge in [-0.15, -0.1) is 0 Å². The highest BCUT2D eigenvalue weighted by molar-refractivity contribution is 6.34. The van der Waals surface area contributed by atoms with Crippen LogP contribution in [0.1, 0.15) is 42.5 Å². The Balaban J connectivity index is 2.45. The van der Waals surface area contributed by atoms with Gasteiger partial charge in [-0.3, -0.25) is 0 Å². The number of halogens is 1. The molecule has 1 aromatic rings. The Morgan fingerprint density at radius 3 is 2.57 bits per heavy atom. The van der Waals surface area contributed by atoms with Gasteiger partial charge in [-0.1, -0.05) is 30.9 Å². The number of aromatic carboxylic acids is 1. The maximum atomic E-state index is 11.5. The highest BCUT2D eigenvalue weighted by Crippen LogP contribution is 2.36. The van der Waals surface area contributed by atoms with Gasteiger partial charge < -0.3 is 20.8 Å². The first-order valence-electron chi connectivity index (χ1n) is 7.24. The third-order valence-electron chi connectivity index (χ3n) is 3.96. The summed E-state index contributed by atoms with van der Waals surface area (Å²) in [5.74, 6) is -1.06. The summed E-state index contributed by atoms with van der Waals surface area (Å²) in [7, 11) is 0. The molecule has 0 saturated heterocycles. The maximum Gasteiger partial charge on any atom is 0.337 e. The van der Waals surface area contributed by atoms with Crippen molar-refractivity contribution in [1.29, 1.82) is 0 Å². The van der Waals surface area contributed by atoms with E-state index in [1.54, 1.807) is 6.07 Å². The lowest BCUT2D eigenvalue weighted by Gasteiger charge is -2.37. The molecule has 1 aromatic carbocycles. The summed E-state index contributed by atoms with van der Waals surface area (Å²) >= 11 is 6.26. The van der Waals surface area contributed by atoms with E-state index in [1.807, 2.05) is 4.90 Å². The molecule has 1 aliphatic carbocycles.